The minimum Gasteiger partial charge on any atom is -0.481 e. The maximum Gasteiger partial charge on any atom is 0.255 e. The predicted octanol–water partition coefficient (Wildman–Crippen LogP) is 3.89. The van der Waals surface area contributed by atoms with Gasteiger partial charge >= 0.3 is 0 Å². The number of amides is 2. The minimum atomic E-state index is -0.363. The lowest BCUT2D eigenvalue weighted by Gasteiger charge is -2.21. The lowest BCUT2D eigenvalue weighted by molar-refractivity contribution is -0.116. The van der Waals surface area contributed by atoms with Crippen molar-refractivity contribution in [2.75, 3.05) is 25.5 Å². The van der Waals surface area contributed by atoms with Crippen molar-refractivity contribution in [2.45, 2.75) is 13.3 Å². The van der Waals surface area contributed by atoms with Gasteiger partial charge in [-0.2, -0.15) is 0 Å². The van der Waals surface area contributed by atoms with E-state index in [9.17, 15) is 9.59 Å². The molecule has 2 amide bonds. The lowest BCUT2D eigenvalue weighted by Crippen LogP contribution is -2.38. The van der Waals surface area contributed by atoms with Gasteiger partial charge in [0.05, 0.1) is 23.4 Å². The molecule has 0 atom stereocenters. The number of carbonyl (C=O) groups is 2. The van der Waals surface area contributed by atoms with Gasteiger partial charge in [-0.25, -0.2) is 4.98 Å². The molecule has 1 heterocycles. The number of anilines is 1. The fraction of sp³-hybridized carbons (Fsp3) is 0.278. The van der Waals surface area contributed by atoms with Gasteiger partial charge in [0.25, 0.3) is 5.91 Å². The molecule has 1 aromatic carbocycles. The van der Waals surface area contributed by atoms with E-state index in [1.54, 1.807) is 30.3 Å². The molecule has 138 valence electrons. The SMILES string of the molecule is CCCN(CC(=O)Nc1cc(Cl)ccc1Cl)C(=O)c1ccc(OC)nc1. The molecular formula is C18H19Cl2N3O3. The molecule has 2 aromatic rings. The zero-order valence-electron chi connectivity index (χ0n) is 14.5. The first kappa shape index (κ1) is 20.0. The number of hydrogen-bond acceptors (Lipinski definition) is 4. The van der Waals surface area contributed by atoms with Crippen LogP contribution in [0.1, 0.15) is 23.7 Å². The number of rotatable bonds is 7. The topological polar surface area (TPSA) is 71.5 Å². The Morgan fingerprint density at radius 2 is 2.00 bits per heavy atom. The minimum absolute atomic E-state index is 0.110. The molecule has 0 spiro atoms. The van der Waals surface area contributed by atoms with Crippen LogP contribution in [0.3, 0.4) is 0 Å². The van der Waals surface area contributed by atoms with Crippen molar-refractivity contribution in [3.8, 4) is 5.88 Å². The van der Waals surface area contributed by atoms with Crippen LogP contribution in [0.4, 0.5) is 5.69 Å². The molecule has 8 heteroatoms. The van der Waals surface area contributed by atoms with E-state index >= 15 is 0 Å². The number of aromatic nitrogens is 1. The number of nitrogens with one attached hydrogen (secondary N) is 1. The highest BCUT2D eigenvalue weighted by molar-refractivity contribution is 6.35. The lowest BCUT2D eigenvalue weighted by atomic mass is 10.2. The maximum atomic E-state index is 12.7. The Hall–Kier alpha value is -2.31. The van der Waals surface area contributed by atoms with Gasteiger partial charge in [-0.05, 0) is 30.7 Å². The van der Waals surface area contributed by atoms with E-state index in [0.29, 0.717) is 40.1 Å². The van der Waals surface area contributed by atoms with E-state index in [4.69, 9.17) is 27.9 Å². The Kier molecular flexibility index (Phi) is 7.24. The molecule has 0 fully saturated rings. The molecule has 2 rings (SSSR count). The summed E-state index contributed by atoms with van der Waals surface area (Å²) in [6, 6.07) is 7.99. The first-order valence-electron chi connectivity index (χ1n) is 7.98. The van der Waals surface area contributed by atoms with Crippen LogP contribution in [0.5, 0.6) is 5.88 Å². The molecule has 0 aliphatic rings. The summed E-state index contributed by atoms with van der Waals surface area (Å²) in [4.78, 5) is 30.5. The highest BCUT2D eigenvalue weighted by Crippen LogP contribution is 2.25. The van der Waals surface area contributed by atoms with Gasteiger partial charge in [-0.15, -0.1) is 0 Å². The quantitative estimate of drug-likeness (QED) is 0.771. The fourth-order valence-electron chi connectivity index (χ4n) is 2.29. The van der Waals surface area contributed by atoms with E-state index < -0.39 is 0 Å². The summed E-state index contributed by atoms with van der Waals surface area (Å²) in [5.41, 5.74) is 0.784. The molecule has 0 radical (unpaired) electrons. The third-order valence-corrected chi connectivity index (χ3v) is 4.07. The van der Waals surface area contributed by atoms with Gasteiger partial charge in [0.15, 0.2) is 0 Å². The Bertz CT molecular complexity index is 782. The van der Waals surface area contributed by atoms with Crippen molar-refractivity contribution in [1.82, 2.24) is 9.88 Å². The third kappa shape index (κ3) is 5.34. The number of methoxy groups -OCH3 is 1. The van der Waals surface area contributed by atoms with Crippen LogP contribution < -0.4 is 10.1 Å². The second-order valence-corrected chi connectivity index (χ2v) is 6.33. The van der Waals surface area contributed by atoms with E-state index in [0.717, 1.165) is 0 Å². The zero-order chi connectivity index (χ0) is 19.1. The van der Waals surface area contributed by atoms with Gasteiger partial charge in [0.2, 0.25) is 11.8 Å². The maximum absolute atomic E-state index is 12.7. The monoisotopic (exact) mass is 395 g/mol. The molecule has 0 aliphatic carbocycles. The Balaban J connectivity index is 2.09. The zero-order valence-corrected chi connectivity index (χ0v) is 16.0. The fourth-order valence-corrected chi connectivity index (χ4v) is 2.63. The summed E-state index contributed by atoms with van der Waals surface area (Å²) >= 11 is 12.0. The summed E-state index contributed by atoms with van der Waals surface area (Å²) in [5, 5.41) is 3.50. The van der Waals surface area contributed by atoms with Crippen molar-refractivity contribution >= 4 is 40.7 Å². The molecule has 0 saturated heterocycles. The third-order valence-electron chi connectivity index (χ3n) is 3.51. The number of ether oxygens (including phenoxy) is 1. The van der Waals surface area contributed by atoms with Gasteiger partial charge in [-0.3, -0.25) is 9.59 Å². The van der Waals surface area contributed by atoms with Crippen LogP contribution in [0.25, 0.3) is 0 Å². The molecule has 26 heavy (non-hydrogen) atoms. The largest absolute Gasteiger partial charge is 0.481 e. The van der Waals surface area contributed by atoms with Crippen molar-refractivity contribution in [3.05, 3.63) is 52.1 Å². The van der Waals surface area contributed by atoms with Gasteiger partial charge in [0, 0.05) is 23.8 Å². The first-order chi connectivity index (χ1) is 12.4. The highest BCUT2D eigenvalue weighted by atomic mass is 35.5. The van der Waals surface area contributed by atoms with Crippen LogP contribution in [-0.2, 0) is 4.79 Å². The number of carbonyl (C=O) groups excluding carboxylic acids is 2. The summed E-state index contributed by atoms with van der Waals surface area (Å²) in [5.74, 6) is -0.233. The highest BCUT2D eigenvalue weighted by Gasteiger charge is 2.19. The Labute approximate surface area is 162 Å². The average Bonchev–Trinajstić information content (AvgIpc) is 2.64. The van der Waals surface area contributed by atoms with Gasteiger partial charge < -0.3 is 15.0 Å². The van der Waals surface area contributed by atoms with Crippen molar-refractivity contribution in [2.24, 2.45) is 0 Å². The van der Waals surface area contributed by atoms with Crippen LogP contribution in [0.15, 0.2) is 36.5 Å². The summed E-state index contributed by atoms with van der Waals surface area (Å²) in [6.45, 7) is 2.25. The van der Waals surface area contributed by atoms with Gasteiger partial charge in [-0.1, -0.05) is 30.1 Å². The summed E-state index contributed by atoms with van der Waals surface area (Å²) < 4.78 is 4.99. The van der Waals surface area contributed by atoms with Crippen LogP contribution in [-0.4, -0.2) is 41.9 Å². The molecular weight excluding hydrogens is 377 g/mol. The van der Waals surface area contributed by atoms with Crippen molar-refractivity contribution in [3.63, 3.8) is 0 Å². The predicted molar refractivity (Wildman–Crippen MR) is 102 cm³/mol. The number of hydrogen-bond donors (Lipinski definition) is 1. The Morgan fingerprint density at radius 1 is 1.23 bits per heavy atom. The normalized spacial score (nSPS) is 10.3. The van der Waals surface area contributed by atoms with Crippen molar-refractivity contribution < 1.29 is 14.3 Å². The number of halogens is 2. The van der Waals surface area contributed by atoms with E-state index in [2.05, 4.69) is 10.3 Å². The summed E-state index contributed by atoms with van der Waals surface area (Å²) in [7, 11) is 1.50. The second kappa shape index (κ2) is 9.40. The molecule has 0 bridgehead atoms. The van der Waals surface area contributed by atoms with E-state index in [1.165, 1.54) is 18.2 Å². The smallest absolute Gasteiger partial charge is 0.255 e. The molecule has 1 aromatic heterocycles. The summed E-state index contributed by atoms with van der Waals surface area (Å²) in [6.07, 6.45) is 2.14. The molecule has 0 unspecified atom stereocenters. The van der Waals surface area contributed by atoms with E-state index in [-0.39, 0.29) is 18.4 Å². The number of nitrogens with zero attached hydrogens (tertiary/aromatic N) is 2. The van der Waals surface area contributed by atoms with Crippen LogP contribution >= 0.6 is 23.2 Å². The average molecular weight is 396 g/mol. The molecule has 0 saturated carbocycles. The van der Waals surface area contributed by atoms with Crippen LogP contribution in [0, 0.1) is 0 Å². The van der Waals surface area contributed by atoms with Crippen molar-refractivity contribution in [1.29, 1.82) is 0 Å². The molecule has 0 aliphatic heterocycles. The number of pyridine rings is 1. The Morgan fingerprint density at radius 3 is 2.62 bits per heavy atom. The standard InChI is InChI=1S/C18H19Cl2N3O3/c1-3-8-23(18(25)12-4-7-17(26-2)21-10-12)11-16(24)22-15-9-13(19)5-6-14(15)20/h4-7,9-10H,3,8,11H2,1-2H3,(H,22,24). The van der Waals surface area contributed by atoms with Gasteiger partial charge in [0.1, 0.15) is 6.54 Å². The molecule has 6 nitrogen and oxygen atoms in total. The first-order valence-corrected chi connectivity index (χ1v) is 8.74. The van der Waals surface area contributed by atoms with E-state index in [1.807, 2.05) is 6.92 Å². The second-order valence-electron chi connectivity index (χ2n) is 5.49. The number of benzene rings is 1. The van der Waals surface area contributed by atoms with Crippen LogP contribution in [0.2, 0.25) is 10.0 Å². The molecule has 1 N–H and O–H groups in total.